The Morgan fingerprint density at radius 1 is 0.943 bits per heavy atom. The number of benzene rings is 3. The summed E-state index contributed by atoms with van der Waals surface area (Å²) in [6.45, 7) is 3.42. The summed E-state index contributed by atoms with van der Waals surface area (Å²) in [6, 6.07) is 23.6. The Labute approximate surface area is 201 Å². The molecule has 0 spiro atoms. The molecular weight excluding hydrogens is 455 g/mol. The number of hydrogen-bond acceptors (Lipinski definition) is 3. The first-order valence-corrected chi connectivity index (χ1v) is 11.0. The number of hydrogen-bond donors (Lipinski definition) is 1. The Balaban J connectivity index is 1.54. The van der Waals surface area contributed by atoms with E-state index in [1.165, 1.54) is 16.8 Å². The molecule has 5 nitrogen and oxygen atoms in total. The Kier molecular flexibility index (Phi) is 6.91. The molecule has 0 aliphatic rings. The molecule has 180 valence electrons. The summed E-state index contributed by atoms with van der Waals surface area (Å²) in [7, 11) is 0. The largest absolute Gasteiger partial charge is 0.471 e. The Hall–Kier alpha value is -4.07. The van der Waals surface area contributed by atoms with Gasteiger partial charge in [0.2, 0.25) is 5.91 Å². The molecule has 1 amide bonds. The van der Waals surface area contributed by atoms with Crippen molar-refractivity contribution in [3.05, 3.63) is 113 Å². The third-order valence-corrected chi connectivity index (χ3v) is 5.67. The molecule has 8 heteroatoms. The molecule has 0 saturated carbocycles. The lowest BCUT2D eigenvalue weighted by molar-refractivity contribution is -0.137. The standard InChI is InChI=1S/C27H24F3N3O2/c1-18-25(19(2)33(32-18)17-35-23-15-9-14-22(16-23)27(28,29)30)31-26(34)24(20-10-5-3-6-11-20)21-12-7-4-8-13-21/h3-16,24H,17H2,1-2H3,(H,31,34). The van der Waals surface area contributed by atoms with Crippen LogP contribution in [0.4, 0.5) is 18.9 Å². The van der Waals surface area contributed by atoms with Crippen LogP contribution in [-0.4, -0.2) is 15.7 Å². The van der Waals surface area contributed by atoms with Crippen LogP contribution < -0.4 is 10.1 Å². The zero-order valence-corrected chi connectivity index (χ0v) is 19.2. The van der Waals surface area contributed by atoms with Gasteiger partial charge in [-0.15, -0.1) is 0 Å². The zero-order valence-electron chi connectivity index (χ0n) is 19.2. The van der Waals surface area contributed by atoms with Gasteiger partial charge in [0, 0.05) is 0 Å². The maximum Gasteiger partial charge on any atom is 0.416 e. The summed E-state index contributed by atoms with van der Waals surface area (Å²) in [5.41, 5.74) is 2.66. The van der Waals surface area contributed by atoms with Gasteiger partial charge in [-0.25, -0.2) is 4.68 Å². The maximum atomic E-state index is 13.5. The number of nitrogens with zero attached hydrogens (tertiary/aromatic N) is 2. The average molecular weight is 480 g/mol. The molecule has 0 aliphatic heterocycles. The maximum absolute atomic E-state index is 13.5. The normalized spacial score (nSPS) is 11.5. The van der Waals surface area contributed by atoms with Gasteiger partial charge in [0.1, 0.15) is 5.75 Å². The van der Waals surface area contributed by atoms with Gasteiger partial charge in [-0.1, -0.05) is 66.7 Å². The molecule has 1 N–H and O–H groups in total. The molecule has 35 heavy (non-hydrogen) atoms. The van der Waals surface area contributed by atoms with Crippen molar-refractivity contribution >= 4 is 11.6 Å². The highest BCUT2D eigenvalue weighted by molar-refractivity contribution is 5.99. The molecule has 4 rings (SSSR count). The predicted octanol–water partition coefficient (Wildman–Crippen LogP) is 6.33. The highest BCUT2D eigenvalue weighted by Crippen LogP contribution is 2.32. The molecule has 0 atom stereocenters. The molecule has 4 aromatic rings. The van der Waals surface area contributed by atoms with E-state index in [2.05, 4.69) is 10.4 Å². The van der Waals surface area contributed by atoms with Crippen LogP contribution in [0.2, 0.25) is 0 Å². The fourth-order valence-electron chi connectivity index (χ4n) is 3.88. The predicted molar refractivity (Wildman–Crippen MR) is 127 cm³/mol. The zero-order chi connectivity index (χ0) is 25.0. The van der Waals surface area contributed by atoms with Gasteiger partial charge in [0.15, 0.2) is 6.73 Å². The van der Waals surface area contributed by atoms with E-state index in [1.54, 1.807) is 13.8 Å². The molecule has 0 unspecified atom stereocenters. The van der Waals surface area contributed by atoms with Crippen molar-refractivity contribution < 1.29 is 22.7 Å². The van der Waals surface area contributed by atoms with E-state index in [0.29, 0.717) is 17.1 Å². The van der Waals surface area contributed by atoms with Crippen LogP contribution in [0, 0.1) is 13.8 Å². The molecule has 0 aliphatic carbocycles. The van der Waals surface area contributed by atoms with E-state index >= 15 is 0 Å². The van der Waals surface area contributed by atoms with Gasteiger partial charge in [0.25, 0.3) is 0 Å². The third kappa shape index (κ3) is 5.54. The van der Waals surface area contributed by atoms with Crippen LogP contribution >= 0.6 is 0 Å². The van der Waals surface area contributed by atoms with Crippen molar-refractivity contribution in [1.82, 2.24) is 9.78 Å². The van der Waals surface area contributed by atoms with Gasteiger partial charge in [-0.2, -0.15) is 18.3 Å². The number of amides is 1. The summed E-state index contributed by atoms with van der Waals surface area (Å²) in [5.74, 6) is -0.668. The monoisotopic (exact) mass is 479 g/mol. The van der Waals surface area contributed by atoms with E-state index in [1.807, 2.05) is 60.7 Å². The minimum atomic E-state index is -4.46. The molecule has 0 fully saturated rings. The average Bonchev–Trinajstić information content (AvgIpc) is 3.11. The van der Waals surface area contributed by atoms with Crippen LogP contribution in [0.15, 0.2) is 84.9 Å². The minimum absolute atomic E-state index is 0.0752. The molecule has 1 heterocycles. The number of ether oxygens (including phenoxy) is 1. The number of nitrogens with one attached hydrogen (secondary N) is 1. The van der Waals surface area contributed by atoms with Gasteiger partial charge in [-0.3, -0.25) is 4.79 Å². The van der Waals surface area contributed by atoms with Crippen LogP contribution in [0.3, 0.4) is 0 Å². The molecule has 3 aromatic carbocycles. The first-order valence-electron chi connectivity index (χ1n) is 11.0. The van der Waals surface area contributed by atoms with Crippen molar-refractivity contribution in [2.75, 3.05) is 5.32 Å². The Bertz CT molecular complexity index is 1260. The van der Waals surface area contributed by atoms with Gasteiger partial charge in [-0.05, 0) is 43.2 Å². The number of alkyl halides is 3. The SMILES string of the molecule is Cc1nn(COc2cccc(C(F)(F)F)c2)c(C)c1NC(=O)C(c1ccccc1)c1ccccc1. The van der Waals surface area contributed by atoms with Gasteiger partial charge in [0.05, 0.1) is 28.6 Å². The molecule has 0 radical (unpaired) electrons. The summed E-state index contributed by atoms with van der Waals surface area (Å²) in [6.07, 6.45) is -4.46. The Morgan fingerprint density at radius 2 is 1.54 bits per heavy atom. The summed E-state index contributed by atoms with van der Waals surface area (Å²) < 4.78 is 46.0. The Morgan fingerprint density at radius 3 is 2.11 bits per heavy atom. The molecular formula is C27H24F3N3O2. The number of carbonyl (C=O) groups is 1. The first-order chi connectivity index (χ1) is 16.7. The lowest BCUT2D eigenvalue weighted by atomic mass is 9.90. The number of anilines is 1. The number of carbonyl (C=O) groups excluding carboxylic acids is 1. The topological polar surface area (TPSA) is 56.1 Å². The smallest absolute Gasteiger partial charge is 0.416 e. The number of aryl methyl sites for hydroxylation is 1. The van der Waals surface area contributed by atoms with E-state index in [4.69, 9.17) is 4.74 Å². The van der Waals surface area contributed by atoms with Crippen molar-refractivity contribution in [2.24, 2.45) is 0 Å². The summed E-state index contributed by atoms with van der Waals surface area (Å²) in [4.78, 5) is 13.5. The van der Waals surface area contributed by atoms with Gasteiger partial charge < -0.3 is 10.1 Å². The molecule has 0 saturated heterocycles. The van der Waals surface area contributed by atoms with Crippen LogP contribution in [0.25, 0.3) is 0 Å². The highest BCUT2D eigenvalue weighted by Gasteiger charge is 2.30. The number of aromatic nitrogens is 2. The van der Waals surface area contributed by atoms with Crippen molar-refractivity contribution in [3.63, 3.8) is 0 Å². The fourth-order valence-corrected chi connectivity index (χ4v) is 3.88. The third-order valence-electron chi connectivity index (χ3n) is 5.67. The van der Waals surface area contributed by atoms with Crippen LogP contribution in [0.1, 0.15) is 34.0 Å². The number of halogens is 3. The lowest BCUT2D eigenvalue weighted by Crippen LogP contribution is -2.23. The summed E-state index contributed by atoms with van der Waals surface area (Å²) in [5, 5.41) is 7.41. The van der Waals surface area contributed by atoms with E-state index in [0.717, 1.165) is 23.3 Å². The fraction of sp³-hybridized carbons (Fsp3) is 0.185. The molecule has 1 aromatic heterocycles. The second kappa shape index (κ2) is 10.0. The van der Waals surface area contributed by atoms with Crippen molar-refractivity contribution in [2.45, 2.75) is 32.7 Å². The summed E-state index contributed by atoms with van der Waals surface area (Å²) >= 11 is 0. The second-order valence-corrected chi connectivity index (χ2v) is 8.09. The second-order valence-electron chi connectivity index (χ2n) is 8.09. The first kappa shape index (κ1) is 24.1. The number of rotatable bonds is 7. The van der Waals surface area contributed by atoms with E-state index in [-0.39, 0.29) is 18.4 Å². The van der Waals surface area contributed by atoms with E-state index in [9.17, 15) is 18.0 Å². The van der Waals surface area contributed by atoms with Crippen molar-refractivity contribution in [3.8, 4) is 5.75 Å². The van der Waals surface area contributed by atoms with Crippen molar-refractivity contribution in [1.29, 1.82) is 0 Å². The van der Waals surface area contributed by atoms with Crippen LogP contribution in [0.5, 0.6) is 5.75 Å². The van der Waals surface area contributed by atoms with E-state index < -0.39 is 17.7 Å². The quantitative estimate of drug-likeness (QED) is 0.337. The lowest BCUT2D eigenvalue weighted by Gasteiger charge is -2.18. The van der Waals surface area contributed by atoms with Gasteiger partial charge >= 0.3 is 6.18 Å². The molecule has 0 bridgehead atoms. The highest BCUT2D eigenvalue weighted by atomic mass is 19.4. The minimum Gasteiger partial charge on any atom is -0.471 e. The van der Waals surface area contributed by atoms with Crippen LogP contribution in [-0.2, 0) is 17.7 Å².